The summed E-state index contributed by atoms with van der Waals surface area (Å²) in [5.41, 5.74) is 11.7. The standard InChI is InChI=1S/C31H28N4/c1-20-9-5-6-10-26(20)24-15-13-23(14-16-24)19-35-22(3)32-30-21(2)17-25(18-29(30)35)31-33-27-11-7-8-12-28(27)34(31)4/h5-18H,19H2,1-4H3. The molecule has 0 aliphatic heterocycles. The third-order valence-corrected chi connectivity index (χ3v) is 7.03. The summed E-state index contributed by atoms with van der Waals surface area (Å²) in [6.07, 6.45) is 0. The number of rotatable bonds is 4. The van der Waals surface area contributed by atoms with E-state index in [2.05, 4.69) is 116 Å². The third kappa shape index (κ3) is 3.62. The highest BCUT2D eigenvalue weighted by Crippen LogP contribution is 2.30. The van der Waals surface area contributed by atoms with E-state index in [0.717, 1.165) is 45.8 Å². The average molecular weight is 457 g/mol. The highest BCUT2D eigenvalue weighted by molar-refractivity contribution is 5.87. The molecule has 2 heterocycles. The Balaban J connectivity index is 1.41. The van der Waals surface area contributed by atoms with Gasteiger partial charge in [0.25, 0.3) is 0 Å². The molecule has 4 nitrogen and oxygen atoms in total. The molecule has 0 atom stereocenters. The number of hydrogen-bond donors (Lipinski definition) is 0. The molecule has 4 heteroatoms. The van der Waals surface area contributed by atoms with Crippen molar-refractivity contribution in [1.29, 1.82) is 0 Å². The van der Waals surface area contributed by atoms with Crippen LogP contribution in [0.2, 0.25) is 0 Å². The Morgan fingerprint density at radius 2 is 1.43 bits per heavy atom. The number of fused-ring (bicyclic) bond motifs is 2. The van der Waals surface area contributed by atoms with E-state index in [1.165, 1.54) is 27.8 Å². The van der Waals surface area contributed by atoms with Crippen LogP contribution in [0.3, 0.4) is 0 Å². The number of imidazole rings is 2. The quantitative estimate of drug-likeness (QED) is 0.280. The highest BCUT2D eigenvalue weighted by atomic mass is 15.1. The van der Waals surface area contributed by atoms with Crippen LogP contribution in [-0.2, 0) is 13.6 Å². The van der Waals surface area contributed by atoms with Gasteiger partial charge in [-0.15, -0.1) is 0 Å². The van der Waals surface area contributed by atoms with Crippen LogP contribution in [0.1, 0.15) is 22.5 Å². The second-order valence-corrected chi connectivity index (χ2v) is 9.40. The average Bonchev–Trinajstić information content (AvgIpc) is 3.37. The van der Waals surface area contributed by atoms with Crippen LogP contribution >= 0.6 is 0 Å². The van der Waals surface area contributed by atoms with Gasteiger partial charge in [0.05, 0.1) is 22.1 Å². The van der Waals surface area contributed by atoms with E-state index < -0.39 is 0 Å². The van der Waals surface area contributed by atoms with Crippen molar-refractivity contribution in [2.45, 2.75) is 27.3 Å². The molecule has 4 aromatic carbocycles. The van der Waals surface area contributed by atoms with Crippen molar-refractivity contribution in [3.63, 3.8) is 0 Å². The van der Waals surface area contributed by atoms with Gasteiger partial charge in [-0.2, -0.15) is 0 Å². The molecule has 0 bridgehead atoms. The fourth-order valence-electron chi connectivity index (χ4n) is 5.11. The molecule has 0 amide bonds. The van der Waals surface area contributed by atoms with Crippen LogP contribution in [-0.4, -0.2) is 19.1 Å². The van der Waals surface area contributed by atoms with Crippen molar-refractivity contribution in [2.24, 2.45) is 7.05 Å². The summed E-state index contributed by atoms with van der Waals surface area (Å²) in [7, 11) is 2.09. The minimum absolute atomic E-state index is 0.780. The van der Waals surface area contributed by atoms with Crippen molar-refractivity contribution in [1.82, 2.24) is 19.1 Å². The molecule has 172 valence electrons. The number of aryl methyl sites for hydroxylation is 4. The smallest absolute Gasteiger partial charge is 0.140 e. The van der Waals surface area contributed by atoms with E-state index in [9.17, 15) is 0 Å². The topological polar surface area (TPSA) is 35.6 Å². The summed E-state index contributed by atoms with van der Waals surface area (Å²) >= 11 is 0. The fourth-order valence-corrected chi connectivity index (χ4v) is 5.11. The zero-order valence-electron chi connectivity index (χ0n) is 20.6. The van der Waals surface area contributed by atoms with Gasteiger partial charge in [0.1, 0.15) is 11.6 Å². The Kier molecular flexibility index (Phi) is 5.03. The van der Waals surface area contributed by atoms with Gasteiger partial charge in [0.2, 0.25) is 0 Å². The molecule has 6 rings (SSSR count). The first kappa shape index (κ1) is 21.4. The van der Waals surface area contributed by atoms with Crippen LogP contribution in [0.4, 0.5) is 0 Å². The second-order valence-electron chi connectivity index (χ2n) is 9.40. The van der Waals surface area contributed by atoms with Gasteiger partial charge in [-0.3, -0.25) is 0 Å². The normalized spacial score (nSPS) is 11.5. The SMILES string of the molecule is Cc1ccccc1-c1ccc(Cn2c(C)nc3c(C)cc(-c4nc5ccccc5n4C)cc32)cc1. The number of hydrogen-bond acceptors (Lipinski definition) is 2. The first-order valence-electron chi connectivity index (χ1n) is 12.0. The number of para-hydroxylation sites is 2. The maximum atomic E-state index is 4.93. The van der Waals surface area contributed by atoms with E-state index in [1.807, 2.05) is 6.07 Å². The van der Waals surface area contributed by atoms with Crippen molar-refractivity contribution >= 4 is 22.1 Å². The maximum absolute atomic E-state index is 4.93. The first-order chi connectivity index (χ1) is 17.0. The molecule has 2 aromatic heterocycles. The Labute approximate surface area is 205 Å². The second kappa shape index (κ2) is 8.24. The molecule has 0 saturated carbocycles. The Morgan fingerprint density at radius 1 is 0.686 bits per heavy atom. The monoisotopic (exact) mass is 456 g/mol. The molecule has 0 spiro atoms. The van der Waals surface area contributed by atoms with Crippen molar-refractivity contribution in [3.8, 4) is 22.5 Å². The molecule has 0 aliphatic carbocycles. The lowest BCUT2D eigenvalue weighted by Gasteiger charge is -2.11. The van der Waals surface area contributed by atoms with Crippen LogP contribution in [0.25, 0.3) is 44.6 Å². The van der Waals surface area contributed by atoms with E-state index >= 15 is 0 Å². The molecule has 0 unspecified atom stereocenters. The Bertz CT molecular complexity index is 1700. The largest absolute Gasteiger partial charge is 0.327 e. The molecule has 0 radical (unpaired) electrons. The summed E-state index contributed by atoms with van der Waals surface area (Å²) in [5.74, 6) is 2.00. The summed E-state index contributed by atoms with van der Waals surface area (Å²) in [4.78, 5) is 9.85. The fraction of sp³-hybridized carbons (Fsp3) is 0.161. The zero-order chi connectivity index (χ0) is 24.1. The van der Waals surface area contributed by atoms with Gasteiger partial charge in [-0.25, -0.2) is 9.97 Å². The summed E-state index contributed by atoms with van der Waals surface area (Å²) < 4.78 is 4.49. The lowest BCUT2D eigenvalue weighted by Crippen LogP contribution is -2.02. The molecule has 0 N–H and O–H groups in total. The van der Waals surface area contributed by atoms with Gasteiger partial charge < -0.3 is 9.13 Å². The minimum atomic E-state index is 0.780. The maximum Gasteiger partial charge on any atom is 0.140 e. The van der Waals surface area contributed by atoms with E-state index in [4.69, 9.17) is 9.97 Å². The molecule has 35 heavy (non-hydrogen) atoms. The van der Waals surface area contributed by atoms with Gasteiger partial charge >= 0.3 is 0 Å². The summed E-state index contributed by atoms with van der Waals surface area (Å²) in [6.45, 7) is 7.18. The molecular weight excluding hydrogens is 428 g/mol. The molecule has 6 aromatic rings. The van der Waals surface area contributed by atoms with Gasteiger partial charge in [-0.1, -0.05) is 60.7 Å². The molecule has 0 saturated heterocycles. The van der Waals surface area contributed by atoms with Crippen molar-refractivity contribution in [2.75, 3.05) is 0 Å². The van der Waals surface area contributed by atoms with Crippen LogP contribution in [0.5, 0.6) is 0 Å². The third-order valence-electron chi connectivity index (χ3n) is 7.03. The number of aromatic nitrogens is 4. The van der Waals surface area contributed by atoms with Crippen LogP contribution in [0, 0.1) is 20.8 Å². The molecule has 0 aliphatic rings. The lowest BCUT2D eigenvalue weighted by atomic mass is 9.99. The lowest BCUT2D eigenvalue weighted by molar-refractivity contribution is 0.786. The highest BCUT2D eigenvalue weighted by Gasteiger charge is 2.16. The number of nitrogens with zero attached hydrogens (tertiary/aromatic N) is 4. The first-order valence-corrected chi connectivity index (χ1v) is 12.0. The summed E-state index contributed by atoms with van der Waals surface area (Å²) in [6, 6.07) is 30.2. The minimum Gasteiger partial charge on any atom is -0.327 e. The Morgan fingerprint density at radius 3 is 2.20 bits per heavy atom. The predicted octanol–water partition coefficient (Wildman–Crippen LogP) is 7.23. The van der Waals surface area contributed by atoms with E-state index in [0.29, 0.717) is 0 Å². The van der Waals surface area contributed by atoms with Gasteiger partial charge in [0, 0.05) is 19.2 Å². The van der Waals surface area contributed by atoms with E-state index in [1.54, 1.807) is 0 Å². The van der Waals surface area contributed by atoms with Crippen molar-refractivity contribution in [3.05, 3.63) is 107 Å². The number of benzene rings is 4. The molecular formula is C31H28N4. The van der Waals surface area contributed by atoms with E-state index in [-0.39, 0.29) is 0 Å². The zero-order valence-corrected chi connectivity index (χ0v) is 20.6. The summed E-state index contributed by atoms with van der Waals surface area (Å²) in [5, 5.41) is 0. The van der Waals surface area contributed by atoms with Gasteiger partial charge in [0.15, 0.2) is 0 Å². The van der Waals surface area contributed by atoms with Crippen molar-refractivity contribution < 1.29 is 0 Å². The van der Waals surface area contributed by atoms with Gasteiger partial charge in [-0.05, 0) is 72.9 Å². The predicted molar refractivity (Wildman–Crippen MR) is 145 cm³/mol. The molecule has 0 fully saturated rings. The van der Waals surface area contributed by atoms with Crippen LogP contribution < -0.4 is 0 Å². The van der Waals surface area contributed by atoms with Crippen LogP contribution in [0.15, 0.2) is 84.9 Å². The Hall–Kier alpha value is -4.18.